The van der Waals surface area contributed by atoms with E-state index in [0.29, 0.717) is 0 Å². The number of carbonyl (C=O) groups excluding carboxylic acids is 1. The van der Waals surface area contributed by atoms with Gasteiger partial charge in [0.05, 0.1) is 0 Å². The molecule has 2 N–H and O–H groups in total. The Balaban J connectivity index is 2.57. The van der Waals surface area contributed by atoms with Crippen molar-refractivity contribution in [1.82, 2.24) is 5.32 Å². The molecular weight excluding hydrogens is 230 g/mol. The van der Waals surface area contributed by atoms with Crippen LogP contribution in [0.15, 0.2) is 30.3 Å². The van der Waals surface area contributed by atoms with Crippen LogP contribution in [0.2, 0.25) is 0 Å². The molecule has 0 aromatic heterocycles. The molecule has 0 aliphatic carbocycles. The lowest BCUT2D eigenvalue weighted by Gasteiger charge is -2.05. The number of carboxylic acid groups (broad SMARTS) is 1. The van der Waals surface area contributed by atoms with Crippen molar-refractivity contribution in [2.75, 3.05) is 0 Å². The van der Waals surface area contributed by atoms with Gasteiger partial charge in [0.25, 0.3) is 0 Å². The molecule has 0 fully saturated rings. The molecule has 1 aromatic carbocycles. The fraction of sp³-hybridized carbons (Fsp3) is 0.286. The monoisotopic (exact) mass is 247 g/mol. The zero-order chi connectivity index (χ0) is 13.5. The maximum Gasteiger partial charge on any atom is 0.325 e. The van der Waals surface area contributed by atoms with E-state index in [0.717, 1.165) is 12.0 Å². The Morgan fingerprint density at radius 1 is 1.33 bits per heavy atom. The second-order valence-corrected chi connectivity index (χ2v) is 4.00. The van der Waals surface area contributed by atoms with Crippen molar-refractivity contribution in [3.05, 3.63) is 41.5 Å². The molecule has 0 saturated carbocycles. The van der Waals surface area contributed by atoms with Gasteiger partial charge in [0.2, 0.25) is 5.91 Å². The highest BCUT2D eigenvalue weighted by atomic mass is 16.4. The maximum absolute atomic E-state index is 11.4. The van der Waals surface area contributed by atoms with E-state index in [4.69, 9.17) is 5.11 Å². The molecule has 96 valence electrons. The Hall–Kier alpha value is -2.10. The van der Waals surface area contributed by atoms with Crippen LogP contribution in [0, 0.1) is 0 Å². The summed E-state index contributed by atoms with van der Waals surface area (Å²) in [5, 5.41) is 11.0. The van der Waals surface area contributed by atoms with Crippen LogP contribution in [0.25, 0.3) is 6.08 Å². The molecule has 1 aromatic rings. The molecular formula is C14H17NO3. The predicted molar refractivity (Wildman–Crippen MR) is 70.1 cm³/mol. The molecule has 0 heterocycles. The number of aliphatic carboxylic acids is 1. The topological polar surface area (TPSA) is 66.4 Å². The summed E-state index contributed by atoms with van der Waals surface area (Å²) in [6, 6.07) is 6.95. The van der Waals surface area contributed by atoms with E-state index in [2.05, 4.69) is 12.2 Å². The van der Waals surface area contributed by atoms with Crippen LogP contribution in [-0.2, 0) is 16.0 Å². The zero-order valence-electron chi connectivity index (χ0n) is 10.5. The molecule has 0 aliphatic heterocycles. The van der Waals surface area contributed by atoms with Gasteiger partial charge < -0.3 is 10.4 Å². The van der Waals surface area contributed by atoms with Gasteiger partial charge in [0, 0.05) is 6.08 Å². The fourth-order valence-corrected chi connectivity index (χ4v) is 1.36. The number of hydrogen-bond donors (Lipinski definition) is 2. The zero-order valence-corrected chi connectivity index (χ0v) is 10.5. The van der Waals surface area contributed by atoms with Crippen molar-refractivity contribution in [3.8, 4) is 0 Å². The molecule has 4 heteroatoms. The number of carboxylic acids is 1. The summed E-state index contributed by atoms with van der Waals surface area (Å²) in [7, 11) is 0. The lowest BCUT2D eigenvalue weighted by Crippen LogP contribution is -2.37. The van der Waals surface area contributed by atoms with Crippen LogP contribution >= 0.6 is 0 Å². The van der Waals surface area contributed by atoms with Crippen molar-refractivity contribution in [2.24, 2.45) is 0 Å². The highest BCUT2D eigenvalue weighted by Gasteiger charge is 2.11. The average molecular weight is 247 g/mol. The van der Waals surface area contributed by atoms with Gasteiger partial charge in [0.1, 0.15) is 6.04 Å². The number of nitrogens with one attached hydrogen (secondary N) is 1. The number of benzene rings is 1. The standard InChI is InChI=1S/C14H17NO3/c1-3-11-4-6-12(7-5-11)8-9-13(16)15-10(2)14(17)18/h4-10H,3H2,1-2H3,(H,15,16)(H,17,18)/b9-8+/t10-/m1/s1. The summed E-state index contributed by atoms with van der Waals surface area (Å²) in [6.45, 7) is 3.50. The Morgan fingerprint density at radius 3 is 2.44 bits per heavy atom. The first-order valence-corrected chi connectivity index (χ1v) is 5.83. The Morgan fingerprint density at radius 2 is 1.94 bits per heavy atom. The first-order chi connectivity index (χ1) is 8.52. The number of rotatable bonds is 5. The van der Waals surface area contributed by atoms with Gasteiger partial charge in [0.15, 0.2) is 0 Å². The fourth-order valence-electron chi connectivity index (χ4n) is 1.36. The molecule has 0 spiro atoms. The van der Waals surface area contributed by atoms with E-state index in [1.807, 2.05) is 24.3 Å². The lowest BCUT2D eigenvalue weighted by atomic mass is 10.1. The second-order valence-electron chi connectivity index (χ2n) is 4.00. The third-order valence-corrected chi connectivity index (χ3v) is 2.54. The first-order valence-electron chi connectivity index (χ1n) is 5.83. The molecule has 1 amide bonds. The van der Waals surface area contributed by atoms with Gasteiger partial charge in [-0.2, -0.15) is 0 Å². The summed E-state index contributed by atoms with van der Waals surface area (Å²) in [5.74, 6) is -1.46. The average Bonchev–Trinajstić information content (AvgIpc) is 2.36. The summed E-state index contributed by atoms with van der Waals surface area (Å²) in [6.07, 6.45) is 3.96. The highest BCUT2D eigenvalue weighted by Crippen LogP contribution is 2.06. The number of aryl methyl sites for hydroxylation is 1. The van der Waals surface area contributed by atoms with E-state index < -0.39 is 17.9 Å². The SMILES string of the molecule is CCc1ccc(/C=C/C(=O)N[C@H](C)C(=O)O)cc1. The van der Waals surface area contributed by atoms with Crippen molar-refractivity contribution < 1.29 is 14.7 Å². The van der Waals surface area contributed by atoms with Crippen LogP contribution in [-0.4, -0.2) is 23.0 Å². The maximum atomic E-state index is 11.4. The van der Waals surface area contributed by atoms with Gasteiger partial charge >= 0.3 is 5.97 Å². The Bertz CT molecular complexity index is 449. The van der Waals surface area contributed by atoms with Crippen LogP contribution in [0.5, 0.6) is 0 Å². The largest absolute Gasteiger partial charge is 0.480 e. The van der Waals surface area contributed by atoms with Gasteiger partial charge in [-0.1, -0.05) is 31.2 Å². The third kappa shape index (κ3) is 4.41. The second kappa shape index (κ2) is 6.59. The summed E-state index contributed by atoms with van der Waals surface area (Å²) >= 11 is 0. The lowest BCUT2D eigenvalue weighted by molar-refractivity contribution is -0.140. The molecule has 4 nitrogen and oxygen atoms in total. The van der Waals surface area contributed by atoms with E-state index in [-0.39, 0.29) is 0 Å². The van der Waals surface area contributed by atoms with Crippen molar-refractivity contribution in [2.45, 2.75) is 26.3 Å². The van der Waals surface area contributed by atoms with Crippen LogP contribution in [0.3, 0.4) is 0 Å². The molecule has 1 atom stereocenters. The molecule has 0 bridgehead atoms. The quantitative estimate of drug-likeness (QED) is 0.780. The van der Waals surface area contributed by atoms with Crippen molar-refractivity contribution in [1.29, 1.82) is 0 Å². The third-order valence-electron chi connectivity index (χ3n) is 2.54. The molecule has 18 heavy (non-hydrogen) atoms. The molecule has 0 unspecified atom stereocenters. The number of hydrogen-bond acceptors (Lipinski definition) is 2. The van der Waals surface area contributed by atoms with Crippen LogP contribution in [0.4, 0.5) is 0 Å². The normalized spacial score (nSPS) is 12.3. The van der Waals surface area contributed by atoms with Gasteiger partial charge in [-0.25, -0.2) is 0 Å². The van der Waals surface area contributed by atoms with Crippen molar-refractivity contribution in [3.63, 3.8) is 0 Å². The van der Waals surface area contributed by atoms with Gasteiger partial charge in [-0.05, 0) is 30.5 Å². The minimum absolute atomic E-state index is 0.413. The molecule has 0 aliphatic rings. The molecule has 0 saturated heterocycles. The smallest absolute Gasteiger partial charge is 0.325 e. The summed E-state index contributed by atoms with van der Waals surface area (Å²) < 4.78 is 0. The summed E-state index contributed by atoms with van der Waals surface area (Å²) in [4.78, 5) is 21.9. The van der Waals surface area contributed by atoms with Crippen LogP contribution < -0.4 is 5.32 Å². The van der Waals surface area contributed by atoms with Crippen LogP contribution in [0.1, 0.15) is 25.0 Å². The Kier molecular flexibility index (Phi) is 5.11. The van der Waals surface area contributed by atoms with E-state index in [1.54, 1.807) is 6.08 Å². The highest BCUT2D eigenvalue weighted by molar-refractivity contribution is 5.94. The van der Waals surface area contributed by atoms with E-state index >= 15 is 0 Å². The van der Waals surface area contributed by atoms with Gasteiger partial charge in [-0.15, -0.1) is 0 Å². The minimum atomic E-state index is -1.05. The minimum Gasteiger partial charge on any atom is -0.480 e. The van der Waals surface area contributed by atoms with E-state index in [9.17, 15) is 9.59 Å². The Labute approximate surface area is 106 Å². The predicted octanol–water partition coefficient (Wildman–Crippen LogP) is 1.85. The number of amides is 1. The first kappa shape index (κ1) is 14.0. The molecule has 1 rings (SSSR count). The molecule has 0 radical (unpaired) electrons. The number of carbonyl (C=O) groups is 2. The van der Waals surface area contributed by atoms with E-state index in [1.165, 1.54) is 18.6 Å². The van der Waals surface area contributed by atoms with Gasteiger partial charge in [-0.3, -0.25) is 9.59 Å². The summed E-state index contributed by atoms with van der Waals surface area (Å²) in [5.41, 5.74) is 2.14. The van der Waals surface area contributed by atoms with Crippen molar-refractivity contribution >= 4 is 18.0 Å².